The van der Waals surface area contributed by atoms with Crippen molar-refractivity contribution >= 4 is 17.7 Å². The first-order chi connectivity index (χ1) is 13.1. The van der Waals surface area contributed by atoms with E-state index in [-0.39, 0.29) is 12.3 Å². The SMILES string of the molecule is O=C(NCc1ccnc(N2CCCCC2)n1)Nc1cccc(OC(F)F)c1. The summed E-state index contributed by atoms with van der Waals surface area (Å²) >= 11 is 0. The zero-order valence-electron chi connectivity index (χ0n) is 14.7. The van der Waals surface area contributed by atoms with Crippen molar-refractivity contribution in [2.75, 3.05) is 23.3 Å². The van der Waals surface area contributed by atoms with E-state index in [2.05, 4.69) is 30.2 Å². The number of hydrogen-bond acceptors (Lipinski definition) is 5. The molecular formula is C18H21F2N5O2. The van der Waals surface area contributed by atoms with Crippen molar-refractivity contribution in [2.45, 2.75) is 32.4 Å². The fraction of sp³-hybridized carbons (Fsp3) is 0.389. The average Bonchev–Trinajstić information content (AvgIpc) is 2.67. The van der Waals surface area contributed by atoms with Crippen LogP contribution in [0.4, 0.5) is 25.2 Å². The fourth-order valence-electron chi connectivity index (χ4n) is 2.83. The van der Waals surface area contributed by atoms with Gasteiger partial charge in [0.15, 0.2) is 0 Å². The summed E-state index contributed by atoms with van der Waals surface area (Å²) in [7, 11) is 0. The molecule has 27 heavy (non-hydrogen) atoms. The Kier molecular flexibility index (Phi) is 6.35. The molecule has 1 aliphatic rings. The van der Waals surface area contributed by atoms with Gasteiger partial charge in [-0.05, 0) is 37.5 Å². The van der Waals surface area contributed by atoms with Crippen LogP contribution in [0.5, 0.6) is 5.75 Å². The maximum atomic E-state index is 12.3. The molecule has 9 heteroatoms. The molecule has 1 fully saturated rings. The number of nitrogens with zero attached hydrogens (tertiary/aromatic N) is 3. The molecule has 1 aromatic heterocycles. The molecule has 144 valence electrons. The standard InChI is InChI=1S/C18H21F2N5O2/c19-16(20)27-15-6-4-5-13(11-15)24-18(26)22-12-14-7-8-21-17(23-14)25-9-2-1-3-10-25/h4-8,11,16H,1-3,9-10,12H2,(H2,22,24,26). The van der Waals surface area contributed by atoms with Gasteiger partial charge in [-0.2, -0.15) is 8.78 Å². The van der Waals surface area contributed by atoms with Gasteiger partial charge in [-0.1, -0.05) is 6.07 Å². The number of aromatic nitrogens is 2. The summed E-state index contributed by atoms with van der Waals surface area (Å²) in [6.07, 6.45) is 5.16. The molecule has 7 nitrogen and oxygen atoms in total. The molecule has 0 atom stereocenters. The summed E-state index contributed by atoms with van der Waals surface area (Å²) in [6.45, 7) is -0.813. The molecule has 1 aromatic carbocycles. The molecule has 2 aromatic rings. The fourth-order valence-corrected chi connectivity index (χ4v) is 2.83. The minimum Gasteiger partial charge on any atom is -0.435 e. The van der Waals surface area contributed by atoms with Crippen LogP contribution >= 0.6 is 0 Å². The Labute approximate surface area is 155 Å². The lowest BCUT2D eigenvalue weighted by atomic mass is 10.1. The number of piperidine rings is 1. The van der Waals surface area contributed by atoms with Crippen LogP contribution in [0.1, 0.15) is 25.0 Å². The first kappa shape index (κ1) is 18.8. The minimum absolute atomic E-state index is 0.0234. The smallest absolute Gasteiger partial charge is 0.387 e. The molecule has 0 bridgehead atoms. The predicted octanol–water partition coefficient (Wildman–Crippen LogP) is 3.39. The van der Waals surface area contributed by atoms with Crippen molar-refractivity contribution in [3.05, 3.63) is 42.2 Å². The van der Waals surface area contributed by atoms with Crippen LogP contribution in [0.2, 0.25) is 0 Å². The highest BCUT2D eigenvalue weighted by Crippen LogP contribution is 2.19. The minimum atomic E-state index is -2.92. The molecule has 2 amide bonds. The molecule has 0 radical (unpaired) electrons. The lowest BCUT2D eigenvalue weighted by molar-refractivity contribution is -0.0497. The number of ether oxygens (including phenoxy) is 1. The van der Waals surface area contributed by atoms with Gasteiger partial charge in [0.25, 0.3) is 0 Å². The monoisotopic (exact) mass is 377 g/mol. The van der Waals surface area contributed by atoms with Crippen molar-refractivity contribution in [3.8, 4) is 5.75 Å². The van der Waals surface area contributed by atoms with Gasteiger partial charge in [0.2, 0.25) is 5.95 Å². The Hall–Kier alpha value is -2.97. The molecular weight excluding hydrogens is 356 g/mol. The van der Waals surface area contributed by atoms with Crippen LogP contribution in [-0.2, 0) is 6.54 Å². The van der Waals surface area contributed by atoms with Crippen molar-refractivity contribution in [3.63, 3.8) is 0 Å². The van der Waals surface area contributed by atoms with Gasteiger partial charge in [0.05, 0.1) is 12.2 Å². The second-order valence-corrected chi connectivity index (χ2v) is 6.11. The second-order valence-electron chi connectivity index (χ2n) is 6.11. The summed E-state index contributed by atoms with van der Waals surface area (Å²) < 4.78 is 28.8. The molecule has 0 unspecified atom stereocenters. The van der Waals surface area contributed by atoms with Crippen LogP contribution < -0.4 is 20.3 Å². The van der Waals surface area contributed by atoms with Crippen LogP contribution in [0.3, 0.4) is 0 Å². The first-order valence-corrected chi connectivity index (χ1v) is 8.77. The number of alkyl halides is 2. The summed E-state index contributed by atoms with van der Waals surface area (Å²) in [6, 6.07) is 7.08. The first-order valence-electron chi connectivity index (χ1n) is 8.77. The Morgan fingerprint density at radius 2 is 2.04 bits per heavy atom. The molecule has 0 aliphatic carbocycles. The van der Waals surface area contributed by atoms with Gasteiger partial charge in [-0.3, -0.25) is 0 Å². The highest BCUT2D eigenvalue weighted by molar-refractivity contribution is 5.89. The van der Waals surface area contributed by atoms with Crippen molar-refractivity contribution in [1.29, 1.82) is 0 Å². The van der Waals surface area contributed by atoms with Crippen LogP contribution in [0.15, 0.2) is 36.5 Å². The lowest BCUT2D eigenvalue weighted by Gasteiger charge is -2.26. The van der Waals surface area contributed by atoms with E-state index in [4.69, 9.17) is 0 Å². The third kappa shape index (κ3) is 5.77. The second kappa shape index (κ2) is 9.11. The van der Waals surface area contributed by atoms with Crippen molar-refractivity contribution < 1.29 is 18.3 Å². The van der Waals surface area contributed by atoms with Gasteiger partial charge in [0, 0.05) is 31.0 Å². The number of urea groups is 1. The Balaban J connectivity index is 1.53. The predicted molar refractivity (Wildman–Crippen MR) is 97.0 cm³/mol. The van der Waals surface area contributed by atoms with Gasteiger partial charge in [0.1, 0.15) is 5.75 Å². The van der Waals surface area contributed by atoms with Gasteiger partial charge >= 0.3 is 12.6 Å². The summed E-state index contributed by atoms with van der Waals surface area (Å²) in [5.74, 6) is 0.649. The quantitative estimate of drug-likeness (QED) is 0.807. The van der Waals surface area contributed by atoms with E-state index in [1.165, 1.54) is 24.6 Å². The number of nitrogens with one attached hydrogen (secondary N) is 2. The molecule has 0 saturated carbocycles. The zero-order chi connectivity index (χ0) is 19.1. The molecule has 2 N–H and O–H groups in total. The third-order valence-electron chi connectivity index (χ3n) is 4.09. The Bertz CT molecular complexity index is 769. The van der Waals surface area contributed by atoms with E-state index in [0.29, 0.717) is 17.3 Å². The van der Waals surface area contributed by atoms with Gasteiger partial charge in [-0.15, -0.1) is 0 Å². The average molecular weight is 377 g/mol. The lowest BCUT2D eigenvalue weighted by Crippen LogP contribution is -2.32. The zero-order valence-corrected chi connectivity index (χ0v) is 14.7. The molecule has 1 saturated heterocycles. The highest BCUT2D eigenvalue weighted by Gasteiger charge is 2.14. The van der Waals surface area contributed by atoms with Crippen LogP contribution in [-0.4, -0.2) is 35.7 Å². The summed E-state index contributed by atoms with van der Waals surface area (Å²) in [4.78, 5) is 23.0. The van der Waals surface area contributed by atoms with E-state index in [9.17, 15) is 13.6 Å². The normalized spacial score (nSPS) is 14.1. The largest absolute Gasteiger partial charge is 0.435 e. The highest BCUT2D eigenvalue weighted by atomic mass is 19.3. The summed E-state index contributed by atoms with van der Waals surface area (Å²) in [5, 5.41) is 5.27. The molecule has 2 heterocycles. The number of amides is 2. The Morgan fingerprint density at radius 1 is 1.22 bits per heavy atom. The molecule has 3 rings (SSSR count). The molecule has 0 spiro atoms. The number of halogens is 2. The van der Waals surface area contributed by atoms with Gasteiger partial charge in [-0.25, -0.2) is 14.8 Å². The molecule has 1 aliphatic heterocycles. The summed E-state index contributed by atoms with van der Waals surface area (Å²) in [5.41, 5.74) is 1.04. The third-order valence-corrected chi connectivity index (χ3v) is 4.09. The van der Waals surface area contributed by atoms with E-state index in [0.717, 1.165) is 25.9 Å². The van der Waals surface area contributed by atoms with Gasteiger partial charge < -0.3 is 20.3 Å². The van der Waals surface area contributed by atoms with Crippen LogP contribution in [0.25, 0.3) is 0 Å². The number of carbonyl (C=O) groups is 1. The van der Waals surface area contributed by atoms with Crippen LogP contribution in [0, 0.1) is 0 Å². The van der Waals surface area contributed by atoms with Crippen molar-refractivity contribution in [1.82, 2.24) is 15.3 Å². The van der Waals surface area contributed by atoms with E-state index < -0.39 is 12.6 Å². The topological polar surface area (TPSA) is 79.4 Å². The van der Waals surface area contributed by atoms with E-state index in [1.807, 2.05) is 0 Å². The van der Waals surface area contributed by atoms with E-state index in [1.54, 1.807) is 18.3 Å². The number of hydrogen-bond donors (Lipinski definition) is 2. The van der Waals surface area contributed by atoms with E-state index >= 15 is 0 Å². The number of carbonyl (C=O) groups excluding carboxylic acids is 1. The maximum Gasteiger partial charge on any atom is 0.387 e. The number of rotatable bonds is 6. The Morgan fingerprint density at radius 3 is 2.81 bits per heavy atom. The number of benzene rings is 1. The van der Waals surface area contributed by atoms with Crippen molar-refractivity contribution in [2.24, 2.45) is 0 Å². The maximum absolute atomic E-state index is 12.3. The number of anilines is 2.